The van der Waals surface area contributed by atoms with E-state index >= 15 is 0 Å². The molecule has 1 fully saturated rings. The van der Waals surface area contributed by atoms with Crippen molar-refractivity contribution in [3.8, 4) is 0 Å². The highest BCUT2D eigenvalue weighted by Gasteiger charge is 2.39. The largest absolute Gasteiger partial charge is 0.356 e. The van der Waals surface area contributed by atoms with E-state index in [1.165, 1.54) is 0 Å². The van der Waals surface area contributed by atoms with Crippen LogP contribution in [-0.2, 0) is 28.8 Å². The van der Waals surface area contributed by atoms with E-state index in [-0.39, 0.29) is 64.6 Å². The molecule has 1 aliphatic rings. The Morgan fingerprint density at radius 3 is 1.49 bits per heavy atom. The molecule has 0 aromatic heterocycles. The fourth-order valence-electron chi connectivity index (χ4n) is 5.36. The van der Waals surface area contributed by atoms with Gasteiger partial charge in [-0.15, -0.1) is 5.06 Å². The average molecular weight is 664 g/mol. The van der Waals surface area contributed by atoms with Crippen molar-refractivity contribution in [1.29, 1.82) is 0 Å². The molecule has 272 valence electrons. The lowest BCUT2D eigenvalue weighted by Gasteiger charge is -2.39. The van der Waals surface area contributed by atoms with E-state index in [0.717, 1.165) is 25.7 Å². The maximum atomic E-state index is 13.7. The number of amides is 4. The fourth-order valence-corrected chi connectivity index (χ4v) is 5.36. The van der Waals surface area contributed by atoms with Crippen LogP contribution in [0.15, 0.2) is 0 Å². The minimum Gasteiger partial charge on any atom is -0.356 e. The lowest BCUT2D eigenvalue weighted by atomic mass is 9.78. The first-order valence-corrected chi connectivity index (χ1v) is 17.7. The summed E-state index contributed by atoms with van der Waals surface area (Å²) < 4.78 is 0. The topological polar surface area (TPSA) is 113 Å². The second kappa shape index (κ2) is 16.3. The Morgan fingerprint density at radius 1 is 0.638 bits per heavy atom. The van der Waals surface area contributed by atoms with Crippen molar-refractivity contribution < 1.29 is 28.8 Å². The van der Waals surface area contributed by atoms with Gasteiger partial charge in [-0.05, 0) is 79.4 Å². The Bertz CT molecular complexity index is 1060. The summed E-state index contributed by atoms with van der Waals surface area (Å²) in [5.41, 5.74) is -0.919. The van der Waals surface area contributed by atoms with E-state index < -0.39 is 23.2 Å². The lowest BCUT2D eigenvalue weighted by molar-refractivity contribution is -0.204. The summed E-state index contributed by atoms with van der Waals surface area (Å²) in [7, 11) is 0. The Labute approximate surface area is 286 Å². The summed E-state index contributed by atoms with van der Waals surface area (Å²) in [4.78, 5) is 70.3. The molecule has 1 saturated heterocycles. The zero-order valence-electron chi connectivity index (χ0n) is 32.5. The molecule has 1 heterocycles. The molecule has 1 aliphatic heterocycles. The highest BCUT2D eigenvalue weighted by atomic mass is 16.7. The summed E-state index contributed by atoms with van der Waals surface area (Å²) in [6, 6.07) is 0. The normalized spacial score (nSPS) is 15.2. The van der Waals surface area contributed by atoms with Gasteiger partial charge in [-0.25, -0.2) is 4.79 Å². The van der Waals surface area contributed by atoms with Gasteiger partial charge < -0.3 is 15.1 Å². The molecular weight excluding hydrogens is 594 g/mol. The third kappa shape index (κ3) is 17.0. The maximum absolute atomic E-state index is 13.7. The molecule has 9 heteroatoms. The van der Waals surface area contributed by atoms with Crippen LogP contribution in [0.3, 0.4) is 0 Å². The first-order chi connectivity index (χ1) is 21.0. The first kappa shape index (κ1) is 42.6. The molecule has 0 aliphatic carbocycles. The maximum Gasteiger partial charge on any atom is 0.338 e. The summed E-state index contributed by atoms with van der Waals surface area (Å²) in [6.07, 6.45) is 5.58. The minimum absolute atomic E-state index is 0.0160. The van der Waals surface area contributed by atoms with Crippen LogP contribution in [0.4, 0.5) is 0 Å². The van der Waals surface area contributed by atoms with Crippen molar-refractivity contribution in [2.75, 3.05) is 19.6 Å². The van der Waals surface area contributed by atoms with E-state index in [0.29, 0.717) is 37.5 Å². The lowest BCUT2D eigenvalue weighted by Crippen LogP contribution is -2.44. The van der Waals surface area contributed by atoms with Crippen LogP contribution in [0.1, 0.15) is 161 Å². The van der Waals surface area contributed by atoms with E-state index in [1.807, 2.05) is 18.7 Å². The molecule has 0 aromatic carbocycles. The van der Waals surface area contributed by atoms with E-state index in [9.17, 15) is 24.0 Å². The van der Waals surface area contributed by atoms with Crippen LogP contribution in [0.25, 0.3) is 0 Å². The van der Waals surface area contributed by atoms with Crippen LogP contribution in [-0.4, -0.2) is 59.2 Å². The standard InChI is InChI=1S/C38H69N3O6/c1-33(2,3)19-21-36(9,10)26-40(27-37(11,12)22-20-34(4,5)6)29(43)16-15-28(42)39-25-35(7,8)23-24-38(13,14)32(46)47-41-30(44)17-18-31(41)45/h15-27H2,1-14H3,(H,39,42). The number of hydrogen-bond acceptors (Lipinski definition) is 6. The van der Waals surface area contributed by atoms with Gasteiger partial charge in [0.15, 0.2) is 0 Å². The van der Waals surface area contributed by atoms with Crippen LogP contribution >= 0.6 is 0 Å². The van der Waals surface area contributed by atoms with E-state index in [1.54, 1.807) is 13.8 Å². The SMILES string of the molecule is CC(C)(C)CCC(C)(C)CN(CC(C)(C)CCC(C)(C)C)C(=O)CCC(=O)NCC(C)(C)CCC(C)(C)C(=O)ON1C(=O)CCC1=O. The number of hydroxylamine groups is 2. The Morgan fingerprint density at radius 2 is 1.06 bits per heavy atom. The van der Waals surface area contributed by atoms with Gasteiger partial charge in [-0.3, -0.25) is 19.2 Å². The van der Waals surface area contributed by atoms with Crippen LogP contribution in [0, 0.1) is 32.5 Å². The molecule has 1 N–H and O–H groups in total. The predicted octanol–water partition coefficient (Wildman–Crippen LogP) is 7.86. The molecule has 0 radical (unpaired) electrons. The molecule has 9 nitrogen and oxygen atoms in total. The van der Waals surface area contributed by atoms with Crippen LogP contribution in [0.5, 0.6) is 0 Å². The zero-order valence-corrected chi connectivity index (χ0v) is 32.5. The molecule has 1 rings (SSSR count). The molecule has 0 unspecified atom stereocenters. The number of carbonyl (C=O) groups excluding carboxylic acids is 5. The molecule has 0 spiro atoms. The predicted molar refractivity (Wildman–Crippen MR) is 188 cm³/mol. The summed E-state index contributed by atoms with van der Waals surface area (Å²) in [6.45, 7) is 31.6. The van der Waals surface area contributed by atoms with Gasteiger partial charge in [0.1, 0.15) is 0 Å². The molecule has 0 bridgehead atoms. The highest BCUT2D eigenvalue weighted by molar-refractivity contribution is 6.01. The van der Waals surface area contributed by atoms with Crippen molar-refractivity contribution >= 4 is 29.6 Å². The van der Waals surface area contributed by atoms with Gasteiger partial charge in [0.05, 0.1) is 5.41 Å². The van der Waals surface area contributed by atoms with Gasteiger partial charge in [0.2, 0.25) is 11.8 Å². The van der Waals surface area contributed by atoms with Gasteiger partial charge in [-0.1, -0.05) is 83.1 Å². The van der Waals surface area contributed by atoms with Crippen molar-refractivity contribution in [1.82, 2.24) is 15.3 Å². The Hall–Kier alpha value is -2.45. The number of nitrogens with one attached hydrogen (secondary N) is 1. The van der Waals surface area contributed by atoms with Gasteiger partial charge in [-0.2, -0.15) is 0 Å². The number of carbonyl (C=O) groups is 5. The molecule has 0 saturated carbocycles. The smallest absolute Gasteiger partial charge is 0.338 e. The zero-order chi connectivity index (χ0) is 36.6. The first-order valence-electron chi connectivity index (χ1n) is 17.7. The third-order valence-corrected chi connectivity index (χ3v) is 9.18. The summed E-state index contributed by atoms with van der Waals surface area (Å²) in [5, 5.41) is 3.58. The average Bonchev–Trinajstić information content (AvgIpc) is 3.22. The second-order valence-electron chi connectivity index (χ2n) is 19.5. The Kier molecular flexibility index (Phi) is 14.8. The van der Waals surface area contributed by atoms with Gasteiger partial charge in [0.25, 0.3) is 11.8 Å². The van der Waals surface area contributed by atoms with E-state index in [4.69, 9.17) is 4.84 Å². The number of hydrogen-bond donors (Lipinski definition) is 1. The van der Waals surface area contributed by atoms with Crippen molar-refractivity contribution in [2.24, 2.45) is 32.5 Å². The molecule has 47 heavy (non-hydrogen) atoms. The van der Waals surface area contributed by atoms with Crippen molar-refractivity contribution in [3.05, 3.63) is 0 Å². The van der Waals surface area contributed by atoms with Crippen molar-refractivity contribution in [2.45, 2.75) is 161 Å². The molecule has 0 aromatic rings. The number of nitrogens with zero attached hydrogens (tertiary/aromatic N) is 2. The fraction of sp³-hybridized carbons (Fsp3) is 0.868. The summed E-state index contributed by atoms with van der Waals surface area (Å²) >= 11 is 0. The van der Waals surface area contributed by atoms with Gasteiger partial charge in [0, 0.05) is 45.3 Å². The van der Waals surface area contributed by atoms with Crippen LogP contribution in [0.2, 0.25) is 0 Å². The van der Waals surface area contributed by atoms with Crippen molar-refractivity contribution in [3.63, 3.8) is 0 Å². The number of imide groups is 1. The molecule has 0 atom stereocenters. The Balaban J connectivity index is 2.77. The van der Waals surface area contributed by atoms with Crippen LogP contribution < -0.4 is 5.32 Å². The molecule has 4 amide bonds. The summed E-state index contributed by atoms with van der Waals surface area (Å²) in [5.74, 6) is -1.79. The third-order valence-electron chi connectivity index (χ3n) is 9.18. The van der Waals surface area contributed by atoms with Gasteiger partial charge >= 0.3 is 5.97 Å². The second-order valence-corrected chi connectivity index (χ2v) is 19.5. The highest BCUT2D eigenvalue weighted by Crippen LogP contribution is 2.35. The number of rotatable bonds is 18. The quantitative estimate of drug-likeness (QED) is 0.149. The minimum atomic E-state index is -0.929. The molecular formula is C38H69N3O6. The van der Waals surface area contributed by atoms with E-state index in [2.05, 4.69) is 74.6 Å². The monoisotopic (exact) mass is 664 g/mol.